The Morgan fingerprint density at radius 2 is 0.715 bits per heavy atom. The maximum atomic E-state index is 14.0. The van der Waals surface area contributed by atoms with Crippen LogP contribution in [-0.4, -0.2) is 177 Å². The van der Waals surface area contributed by atoms with Crippen LogP contribution in [0.5, 0.6) is 29.0 Å². The molecule has 17 aromatic rings. The summed E-state index contributed by atoms with van der Waals surface area (Å²) in [4.78, 5) is 106. The molecule has 8 aromatic carbocycles. The van der Waals surface area contributed by atoms with Crippen molar-refractivity contribution in [2.24, 2.45) is 21.1 Å². The zero-order chi connectivity index (χ0) is 93.9. The van der Waals surface area contributed by atoms with E-state index in [1.165, 1.54) is 25.5 Å². The third-order valence-electron chi connectivity index (χ3n) is 24.5. The highest BCUT2D eigenvalue weighted by Gasteiger charge is 2.40. The van der Waals surface area contributed by atoms with Gasteiger partial charge in [-0.15, -0.1) is 0 Å². The number of rotatable bonds is 19. The van der Waals surface area contributed by atoms with Crippen LogP contribution in [0.25, 0.3) is 55.6 Å². The summed E-state index contributed by atoms with van der Waals surface area (Å²) in [6.45, 7) is 11.4. The van der Waals surface area contributed by atoms with Gasteiger partial charge in [0.1, 0.15) is 64.8 Å². The fraction of sp³-hybridized carbons (Fsp3) is 0.218. The summed E-state index contributed by atoms with van der Waals surface area (Å²) < 4.78 is 38.2. The Labute approximate surface area is 787 Å². The Morgan fingerprint density at radius 3 is 1.10 bits per heavy atom. The van der Waals surface area contributed by atoms with Crippen LogP contribution in [0.1, 0.15) is 48.9 Å². The van der Waals surface area contributed by atoms with Crippen LogP contribution >= 0.6 is 0 Å². The van der Waals surface area contributed by atoms with Gasteiger partial charge in [0.05, 0.1) is 125 Å². The van der Waals surface area contributed by atoms with Crippen molar-refractivity contribution in [3.05, 3.63) is 278 Å². The number of pyridine rings is 4. The fourth-order valence-corrected chi connectivity index (χ4v) is 17.5. The molecule has 0 saturated carbocycles. The Kier molecular flexibility index (Phi) is 24.4. The Hall–Kier alpha value is -17.3. The highest BCUT2D eigenvalue weighted by atomic mass is 16.5. The number of nitrogens with zero attached hydrogens (tertiary/aromatic N) is 24. The van der Waals surface area contributed by atoms with E-state index >= 15 is 0 Å². The molecule has 0 atom stereocenters. The molecule has 2 fully saturated rings. The minimum Gasteiger partial charge on any atom is -0.497 e. The number of aromatic amines is 2. The van der Waals surface area contributed by atoms with Gasteiger partial charge >= 0.3 is 24.1 Å². The Morgan fingerprint density at radius 1 is 0.365 bits per heavy atom. The number of fused-ring (bicyclic) bond motifs is 7. The average molecular weight is 1830 g/mol. The van der Waals surface area contributed by atoms with E-state index in [0.29, 0.717) is 111 Å². The minimum atomic E-state index is -0.207. The molecule has 36 heteroatoms. The van der Waals surface area contributed by atoms with Crippen LogP contribution in [0, 0.1) is 0 Å². The second-order valence-electron chi connectivity index (χ2n) is 33.0. The van der Waals surface area contributed by atoms with E-state index < -0.39 is 0 Å². The number of H-pyrrole nitrogens is 2. The van der Waals surface area contributed by atoms with Crippen molar-refractivity contribution in [2.45, 2.75) is 52.9 Å². The lowest BCUT2D eigenvalue weighted by Gasteiger charge is -2.37. The van der Waals surface area contributed by atoms with E-state index in [2.05, 4.69) is 83.5 Å². The molecule has 2 N–H and O–H groups in total. The summed E-state index contributed by atoms with van der Waals surface area (Å²) >= 11 is 0. The van der Waals surface area contributed by atoms with Crippen molar-refractivity contribution in [1.29, 1.82) is 0 Å². The van der Waals surface area contributed by atoms with Gasteiger partial charge in [-0.3, -0.25) is 39.2 Å². The van der Waals surface area contributed by atoms with Crippen LogP contribution in [0.2, 0.25) is 0 Å². The van der Waals surface area contributed by atoms with Crippen molar-refractivity contribution in [2.75, 3.05) is 123 Å². The first-order valence-electron chi connectivity index (χ1n) is 44.9. The molecule has 2 saturated heterocycles. The lowest BCUT2D eigenvalue weighted by molar-refractivity contribution is 0.122. The number of anilines is 14. The molecule has 0 aliphatic carbocycles. The average Bonchev–Trinajstić information content (AvgIpc) is 1.76. The third kappa shape index (κ3) is 17.8. The zero-order valence-electron chi connectivity index (χ0n) is 76.5. The molecule has 0 spiro atoms. The number of morpholine rings is 1. The SMILES string of the molecule is CCOc1ccc2c(n1)N(c1ccc(-c3ncn[nH]3)cc1)C(=O)N(c1ccc(OC)cc1)C2.CCOc1ccc2c(n1)N(c1ccc(-c3ncn[nH]3)cc1)C(=O)N(c1ccc3ncn(C)c3c1)C2.COc1ccc(N2C(=O)N(c3ccc4nn(C)cc4c3)Cc3ccc(N4CCCC4)nc32)cc1.COc1ccc(N2C(=O)N(c3ccc4nn(C)cc4c3)Cc3ccc(N4CCOCC4)nc32)cc1. The molecule has 15 heterocycles. The Bertz CT molecular complexity index is 7270. The number of carbonyl (C=O) groups is 4. The molecule has 6 aliphatic rings. The van der Waals surface area contributed by atoms with Gasteiger partial charge < -0.3 is 42.8 Å². The number of benzene rings is 8. The minimum absolute atomic E-state index is 0.132. The number of ether oxygens (including phenoxy) is 6. The van der Waals surface area contributed by atoms with E-state index in [1.807, 2.05) is 258 Å². The standard InChI is InChI=1S/C26H26N6O3.C26H26N6O2.C25H22N8O2.C24H22N6O3/c1-29-16-19-15-21(6-9-23(19)28-29)31-17-18-3-10-24(30-11-13-35-14-12-30)27-25(18)32(26(31)33)20-4-7-22(34-2)8-5-20;1-29-16-19-15-21(8-11-23(19)28-29)31-17-18-5-12-24(30-13-3-4-14-30)27-25(18)32(26(31)33)20-6-9-22(34-2)10-7-20;1-3-35-22-11-6-17-13-32(19-9-10-20-21(12-19)31(2)15-27-20)25(34)33(24(17)29-22)18-7-4-16(5-8-18)23-26-14-28-30-23;1-3-33-21-13-6-17-14-29(18-9-11-20(32-2)12-10-18)24(31)30(23(17)27-21)19-7-4-16(5-8-19)22-25-15-26-28-22/h3-10,15-16H,11-14,17H2,1-2H3;5-12,15-16H,3-4,13-14,17H2,1-2H3;4-12,14-15H,3,13H2,1-2H3,(H,26,28,30);4-13,15H,3,14H2,1-2H3,(H,25,26,28). The van der Waals surface area contributed by atoms with Crippen molar-refractivity contribution in [3.8, 4) is 51.8 Å². The maximum Gasteiger partial charge on any atom is 0.335 e. The lowest BCUT2D eigenvalue weighted by Crippen LogP contribution is -2.46. The number of nitrogens with one attached hydrogen (secondary N) is 2. The van der Waals surface area contributed by atoms with Gasteiger partial charge in [-0.25, -0.2) is 63.7 Å². The molecule has 0 bridgehead atoms. The highest BCUT2D eigenvalue weighted by Crippen LogP contribution is 2.45. The van der Waals surface area contributed by atoms with Crippen LogP contribution < -0.4 is 72.7 Å². The van der Waals surface area contributed by atoms with Crippen LogP contribution in [0.3, 0.4) is 0 Å². The number of aryl methyl sites for hydroxylation is 3. The molecular weight excluding hydrogens is 1740 g/mol. The van der Waals surface area contributed by atoms with Gasteiger partial charge in [-0.05, 0) is 239 Å². The van der Waals surface area contributed by atoms with Crippen LogP contribution in [-0.2, 0) is 52.1 Å². The number of urea groups is 4. The summed E-state index contributed by atoms with van der Waals surface area (Å²) in [5.41, 5.74) is 15.2. The first kappa shape index (κ1) is 87.7. The normalized spacial score (nSPS) is 14.6. The molecule has 36 nitrogen and oxygen atoms in total. The largest absolute Gasteiger partial charge is 0.497 e. The summed E-state index contributed by atoms with van der Waals surface area (Å²) in [5, 5.41) is 24.4. The highest BCUT2D eigenvalue weighted by molar-refractivity contribution is 6.14. The van der Waals surface area contributed by atoms with E-state index in [4.69, 9.17) is 38.4 Å². The number of aromatic nitrogens is 16. The maximum absolute atomic E-state index is 14.0. The molecule has 0 radical (unpaired) electrons. The van der Waals surface area contributed by atoms with E-state index in [-0.39, 0.29) is 24.1 Å². The Balaban J connectivity index is 0.000000113. The summed E-state index contributed by atoms with van der Waals surface area (Å²) in [5.74, 6) is 8.71. The van der Waals surface area contributed by atoms with Crippen molar-refractivity contribution in [3.63, 3.8) is 0 Å². The number of hydrogen-bond donors (Lipinski definition) is 2. The van der Waals surface area contributed by atoms with Gasteiger partial charge in [0.15, 0.2) is 11.6 Å². The van der Waals surface area contributed by atoms with Crippen LogP contribution in [0.15, 0.2) is 256 Å². The van der Waals surface area contributed by atoms with Gasteiger partial charge in [-0.2, -0.15) is 30.4 Å². The third-order valence-corrected chi connectivity index (χ3v) is 24.5. The number of hydrogen-bond acceptors (Lipinski definition) is 23. The molecule has 9 aromatic heterocycles. The first-order chi connectivity index (χ1) is 67.0. The van der Waals surface area contributed by atoms with Crippen molar-refractivity contribution >= 4 is 137 Å². The predicted molar refractivity (Wildman–Crippen MR) is 523 cm³/mol. The van der Waals surface area contributed by atoms with Gasteiger partial charge in [0, 0.05) is 139 Å². The molecule has 690 valence electrons. The second-order valence-corrected chi connectivity index (χ2v) is 33.0. The number of amides is 8. The number of imidazole rings is 1. The summed E-state index contributed by atoms with van der Waals surface area (Å²) in [7, 11) is 10.6. The molecule has 6 aliphatic heterocycles. The molecule has 23 rings (SSSR count). The van der Waals surface area contributed by atoms with E-state index in [9.17, 15) is 19.2 Å². The van der Waals surface area contributed by atoms with E-state index in [1.54, 1.807) is 76.2 Å². The van der Waals surface area contributed by atoms with Gasteiger partial charge in [0.2, 0.25) is 11.8 Å². The predicted octanol–water partition coefficient (Wildman–Crippen LogP) is 17.9. The second kappa shape index (κ2) is 38.1. The van der Waals surface area contributed by atoms with Crippen molar-refractivity contribution in [1.82, 2.24) is 79.4 Å². The van der Waals surface area contributed by atoms with E-state index in [0.717, 1.165) is 155 Å². The quantitative estimate of drug-likeness (QED) is 0.0759. The fourth-order valence-electron chi connectivity index (χ4n) is 17.5. The zero-order valence-corrected chi connectivity index (χ0v) is 76.5. The number of methoxy groups -OCH3 is 3. The number of carbonyl (C=O) groups excluding carboxylic acids is 4. The monoisotopic (exact) mass is 1830 g/mol. The topological polar surface area (TPSA) is 344 Å². The smallest absolute Gasteiger partial charge is 0.335 e. The molecule has 8 amide bonds. The van der Waals surface area contributed by atoms with Crippen LogP contribution in [0.4, 0.5) is 99.6 Å². The first-order valence-corrected chi connectivity index (χ1v) is 44.9. The van der Waals surface area contributed by atoms with Gasteiger partial charge in [0.25, 0.3) is 0 Å². The summed E-state index contributed by atoms with van der Waals surface area (Å²) in [6, 6.07) is 70.4. The molecule has 137 heavy (non-hydrogen) atoms. The van der Waals surface area contributed by atoms with Crippen molar-refractivity contribution < 1.29 is 47.6 Å². The molecule has 0 unspecified atom stereocenters. The summed E-state index contributed by atoms with van der Waals surface area (Å²) in [6.07, 6.45) is 11.0. The van der Waals surface area contributed by atoms with Gasteiger partial charge in [-0.1, -0.05) is 0 Å². The lowest BCUT2D eigenvalue weighted by atomic mass is 10.1. The molecular formula is C101H96N26O10.